The van der Waals surface area contributed by atoms with Crippen LogP contribution in [-0.4, -0.2) is 40.3 Å². The van der Waals surface area contributed by atoms with Gasteiger partial charge in [0.1, 0.15) is 0 Å². The molecule has 1 fully saturated rings. The number of halogens is 3. The molecule has 1 aliphatic heterocycles. The number of anilines is 1. The first-order valence-corrected chi connectivity index (χ1v) is 11.4. The predicted octanol–water partition coefficient (Wildman–Crippen LogP) is 6.33. The van der Waals surface area contributed by atoms with E-state index in [0.717, 1.165) is 36.5 Å². The van der Waals surface area contributed by atoms with E-state index in [-0.39, 0.29) is 23.3 Å². The lowest BCUT2D eigenvalue weighted by Gasteiger charge is -2.20. The topological polar surface area (TPSA) is 63.6 Å². The number of aromatic amines is 1. The smallest absolute Gasteiger partial charge is 0.418 e. The zero-order valence-electron chi connectivity index (χ0n) is 18.9. The van der Waals surface area contributed by atoms with Gasteiger partial charge in [0.15, 0.2) is 5.88 Å². The van der Waals surface area contributed by atoms with Crippen LogP contribution in [0.15, 0.2) is 77.8 Å². The van der Waals surface area contributed by atoms with Gasteiger partial charge in [-0.2, -0.15) is 13.2 Å². The summed E-state index contributed by atoms with van der Waals surface area (Å²) in [5.41, 5.74) is 1.80. The van der Waals surface area contributed by atoms with Crippen molar-refractivity contribution in [2.45, 2.75) is 25.2 Å². The molecule has 3 N–H and O–H groups in total. The summed E-state index contributed by atoms with van der Waals surface area (Å²) in [6.45, 7) is 2.27. The number of para-hydroxylation sites is 1. The van der Waals surface area contributed by atoms with Crippen LogP contribution in [0.25, 0.3) is 10.9 Å². The van der Waals surface area contributed by atoms with E-state index in [9.17, 15) is 18.3 Å². The fraction of sp³-hybridized carbons (Fsp3) is 0.222. The number of rotatable bonds is 6. The van der Waals surface area contributed by atoms with Crippen molar-refractivity contribution in [2.75, 3.05) is 18.4 Å². The highest BCUT2D eigenvalue weighted by Crippen LogP contribution is 2.38. The molecular weight excluding hydrogens is 453 g/mol. The molecule has 1 unspecified atom stereocenters. The Kier molecular flexibility index (Phi) is 6.21. The standard InChI is InChI=1S/C27H25F3N4O/c28-27(29,30)23-14-19(31-15-22-21-8-4-5-9-24(21)33-26(22)35)10-11-25(23)32-20-12-13-34(17-20)16-18-6-2-1-3-7-18/h1-11,14-15,20,32-33,35H,12-13,16-17H2. The van der Waals surface area contributed by atoms with E-state index in [0.29, 0.717) is 12.1 Å². The van der Waals surface area contributed by atoms with Gasteiger partial charge in [-0.1, -0.05) is 48.5 Å². The Morgan fingerprint density at radius 3 is 2.63 bits per heavy atom. The van der Waals surface area contributed by atoms with Crippen molar-refractivity contribution in [3.63, 3.8) is 0 Å². The van der Waals surface area contributed by atoms with Crippen LogP contribution in [-0.2, 0) is 12.7 Å². The number of aromatic nitrogens is 1. The Bertz CT molecular complexity index is 1350. The van der Waals surface area contributed by atoms with E-state index >= 15 is 0 Å². The third-order valence-electron chi connectivity index (χ3n) is 6.26. The monoisotopic (exact) mass is 478 g/mol. The lowest BCUT2D eigenvalue weighted by molar-refractivity contribution is -0.136. The van der Waals surface area contributed by atoms with Crippen molar-refractivity contribution >= 4 is 28.5 Å². The molecule has 1 saturated heterocycles. The number of alkyl halides is 3. The summed E-state index contributed by atoms with van der Waals surface area (Å²) in [4.78, 5) is 9.30. The fourth-order valence-corrected chi connectivity index (χ4v) is 4.55. The van der Waals surface area contributed by atoms with Crippen molar-refractivity contribution in [1.29, 1.82) is 0 Å². The molecule has 0 aliphatic carbocycles. The Labute approximate surface area is 200 Å². The number of aliphatic imine (C=N–C) groups is 1. The molecule has 0 spiro atoms. The van der Waals surface area contributed by atoms with E-state index in [2.05, 4.69) is 32.3 Å². The van der Waals surface area contributed by atoms with Gasteiger partial charge in [0.05, 0.1) is 16.8 Å². The second kappa shape index (κ2) is 9.46. The Balaban J connectivity index is 1.33. The average molecular weight is 479 g/mol. The molecule has 180 valence electrons. The summed E-state index contributed by atoms with van der Waals surface area (Å²) in [7, 11) is 0. The molecule has 35 heavy (non-hydrogen) atoms. The minimum absolute atomic E-state index is 0.0537. The SMILES string of the molecule is Oc1[nH]c2ccccc2c1C=Nc1ccc(NC2CCN(Cc3ccccc3)C2)c(C(F)(F)F)c1. The largest absolute Gasteiger partial charge is 0.494 e. The first-order valence-electron chi connectivity index (χ1n) is 11.4. The Morgan fingerprint density at radius 2 is 1.83 bits per heavy atom. The van der Waals surface area contributed by atoms with Gasteiger partial charge in [-0.15, -0.1) is 0 Å². The molecule has 1 aliphatic rings. The zero-order chi connectivity index (χ0) is 24.4. The first-order chi connectivity index (χ1) is 16.9. The number of fused-ring (bicyclic) bond motifs is 1. The molecule has 0 amide bonds. The predicted molar refractivity (Wildman–Crippen MR) is 132 cm³/mol. The summed E-state index contributed by atoms with van der Waals surface area (Å²) in [6, 6.07) is 21.3. The van der Waals surface area contributed by atoms with Crippen molar-refractivity contribution in [3.8, 4) is 5.88 Å². The molecule has 5 nitrogen and oxygen atoms in total. The maximum atomic E-state index is 13.9. The highest BCUT2D eigenvalue weighted by Gasteiger charge is 2.35. The summed E-state index contributed by atoms with van der Waals surface area (Å²) in [6.07, 6.45) is -2.38. The van der Waals surface area contributed by atoms with Crippen molar-refractivity contribution in [3.05, 3.63) is 89.5 Å². The van der Waals surface area contributed by atoms with Crippen molar-refractivity contribution in [2.24, 2.45) is 4.99 Å². The van der Waals surface area contributed by atoms with Crippen LogP contribution in [0.3, 0.4) is 0 Å². The van der Waals surface area contributed by atoms with Crippen molar-refractivity contribution in [1.82, 2.24) is 9.88 Å². The third-order valence-corrected chi connectivity index (χ3v) is 6.26. The number of nitrogens with one attached hydrogen (secondary N) is 2. The Hall–Kier alpha value is -3.78. The van der Waals surface area contributed by atoms with Gasteiger partial charge in [-0.3, -0.25) is 9.89 Å². The van der Waals surface area contributed by atoms with E-state index in [4.69, 9.17) is 0 Å². The van der Waals surface area contributed by atoms with Crippen molar-refractivity contribution < 1.29 is 18.3 Å². The summed E-state index contributed by atoms with van der Waals surface area (Å²) in [5.74, 6) is -0.0782. The molecule has 8 heteroatoms. The molecule has 3 aromatic carbocycles. The molecule has 0 bridgehead atoms. The second-order valence-corrected chi connectivity index (χ2v) is 8.77. The van der Waals surface area contributed by atoms with Gasteiger partial charge in [-0.05, 0) is 36.2 Å². The minimum atomic E-state index is -4.53. The van der Waals surface area contributed by atoms with Gasteiger partial charge in [0.25, 0.3) is 0 Å². The van der Waals surface area contributed by atoms with Crippen LogP contribution >= 0.6 is 0 Å². The maximum absolute atomic E-state index is 13.9. The second-order valence-electron chi connectivity index (χ2n) is 8.77. The number of likely N-dealkylation sites (tertiary alicyclic amines) is 1. The van der Waals surface area contributed by atoms with Gasteiger partial charge < -0.3 is 15.4 Å². The number of hydrogen-bond donors (Lipinski definition) is 3. The number of aromatic hydroxyl groups is 1. The van der Waals surface area contributed by atoms with Crippen LogP contribution in [0.1, 0.15) is 23.1 Å². The number of H-pyrrole nitrogens is 1. The van der Waals surface area contributed by atoms with Crippen LogP contribution in [0.4, 0.5) is 24.5 Å². The lowest BCUT2D eigenvalue weighted by Crippen LogP contribution is -2.27. The Morgan fingerprint density at radius 1 is 1.06 bits per heavy atom. The number of nitrogens with zero attached hydrogens (tertiary/aromatic N) is 2. The average Bonchev–Trinajstić information content (AvgIpc) is 3.41. The summed E-state index contributed by atoms with van der Waals surface area (Å²) in [5, 5.41) is 14.0. The quantitative estimate of drug-likeness (QED) is 0.284. The molecular formula is C27H25F3N4O. The molecule has 4 aromatic rings. The van der Waals surface area contributed by atoms with Crippen LogP contribution < -0.4 is 5.32 Å². The zero-order valence-corrected chi connectivity index (χ0v) is 18.9. The van der Waals surface area contributed by atoms with Gasteiger partial charge in [0, 0.05) is 48.5 Å². The highest BCUT2D eigenvalue weighted by atomic mass is 19.4. The fourth-order valence-electron chi connectivity index (χ4n) is 4.55. The molecule has 0 saturated carbocycles. The number of hydrogen-bond acceptors (Lipinski definition) is 4. The third kappa shape index (κ3) is 5.17. The first kappa shape index (κ1) is 23.0. The molecule has 1 aromatic heterocycles. The van der Waals surface area contributed by atoms with E-state index < -0.39 is 11.7 Å². The summed E-state index contributed by atoms with van der Waals surface area (Å²) >= 11 is 0. The normalized spacial score (nSPS) is 16.9. The van der Waals surface area contributed by atoms with E-state index in [1.165, 1.54) is 17.8 Å². The van der Waals surface area contributed by atoms with Gasteiger partial charge >= 0.3 is 6.18 Å². The van der Waals surface area contributed by atoms with Gasteiger partial charge in [0.2, 0.25) is 0 Å². The molecule has 0 radical (unpaired) electrons. The lowest BCUT2D eigenvalue weighted by atomic mass is 10.1. The summed E-state index contributed by atoms with van der Waals surface area (Å²) < 4.78 is 41.7. The van der Waals surface area contributed by atoms with Gasteiger partial charge in [-0.25, -0.2) is 0 Å². The highest BCUT2D eigenvalue weighted by molar-refractivity contribution is 6.02. The van der Waals surface area contributed by atoms with E-state index in [1.807, 2.05) is 36.4 Å². The van der Waals surface area contributed by atoms with Crippen LogP contribution in [0.5, 0.6) is 5.88 Å². The molecule has 1 atom stereocenters. The molecule has 5 rings (SSSR count). The van der Waals surface area contributed by atoms with Crippen LogP contribution in [0.2, 0.25) is 0 Å². The molecule has 2 heterocycles. The van der Waals surface area contributed by atoms with E-state index in [1.54, 1.807) is 12.1 Å². The maximum Gasteiger partial charge on any atom is 0.418 e. The van der Waals surface area contributed by atoms with Crippen LogP contribution in [0, 0.1) is 0 Å². The minimum Gasteiger partial charge on any atom is -0.494 e. The number of benzene rings is 3.